The maximum absolute atomic E-state index is 4.55. The summed E-state index contributed by atoms with van der Waals surface area (Å²) < 4.78 is 0. The minimum Gasteiger partial charge on any atom is -0.314 e. The maximum Gasteiger partial charge on any atom is 0.189 e. The third-order valence-corrected chi connectivity index (χ3v) is 3.99. The highest BCUT2D eigenvalue weighted by atomic mass is 32.1. The summed E-state index contributed by atoms with van der Waals surface area (Å²) in [4.78, 5) is 14.0. The Morgan fingerprint density at radius 3 is 3.00 bits per heavy atom. The van der Waals surface area contributed by atoms with Crippen molar-refractivity contribution >= 4 is 21.8 Å². The topological polar surface area (TPSA) is 50.7 Å². The fourth-order valence-electron chi connectivity index (χ4n) is 2.05. The van der Waals surface area contributed by atoms with Crippen molar-refractivity contribution in [1.82, 2.24) is 20.3 Å². The lowest BCUT2D eigenvalue weighted by Gasteiger charge is -2.10. The Balaban J connectivity index is 2.04. The molecule has 2 aromatic rings. The van der Waals surface area contributed by atoms with Crippen LogP contribution in [-0.4, -0.2) is 27.5 Å². The van der Waals surface area contributed by atoms with Gasteiger partial charge in [0.05, 0.1) is 0 Å². The lowest BCUT2D eigenvalue weighted by Crippen LogP contribution is -2.21. The summed E-state index contributed by atoms with van der Waals surface area (Å²) >= 11 is 1.67. The summed E-state index contributed by atoms with van der Waals surface area (Å²) in [5.41, 5.74) is 0.789. The van der Waals surface area contributed by atoms with E-state index >= 15 is 0 Å². The number of nitrogens with zero attached hydrogens (tertiary/aromatic N) is 3. The van der Waals surface area contributed by atoms with E-state index in [1.807, 2.05) is 0 Å². The predicted molar refractivity (Wildman–Crippen MR) is 60.0 cm³/mol. The van der Waals surface area contributed by atoms with Crippen LogP contribution in [0.5, 0.6) is 0 Å². The van der Waals surface area contributed by atoms with E-state index in [2.05, 4.69) is 27.2 Å². The zero-order valence-electron chi connectivity index (χ0n) is 8.47. The fraction of sp³-hybridized carbons (Fsp3) is 0.500. The molecule has 0 aliphatic carbocycles. The summed E-state index contributed by atoms with van der Waals surface area (Å²) in [5.74, 6) is 0.533. The van der Waals surface area contributed by atoms with Gasteiger partial charge in [0, 0.05) is 24.4 Å². The third kappa shape index (κ3) is 1.52. The number of hydrogen-bond acceptors (Lipinski definition) is 5. The van der Waals surface area contributed by atoms with E-state index in [4.69, 9.17) is 0 Å². The first kappa shape index (κ1) is 9.18. The Morgan fingerprint density at radius 1 is 1.40 bits per heavy atom. The van der Waals surface area contributed by atoms with Crippen molar-refractivity contribution in [3.8, 4) is 0 Å². The number of thiazole rings is 1. The Labute approximate surface area is 91.8 Å². The zero-order valence-corrected chi connectivity index (χ0v) is 9.29. The van der Waals surface area contributed by atoms with Gasteiger partial charge in [-0.25, -0.2) is 15.0 Å². The highest BCUT2D eigenvalue weighted by molar-refractivity contribution is 7.18. The molecule has 5 heteroatoms. The van der Waals surface area contributed by atoms with Crippen molar-refractivity contribution in [2.75, 3.05) is 6.54 Å². The van der Waals surface area contributed by atoms with E-state index in [9.17, 15) is 0 Å². The first-order valence-electron chi connectivity index (χ1n) is 5.15. The second kappa shape index (κ2) is 3.50. The van der Waals surface area contributed by atoms with Gasteiger partial charge in [-0.3, -0.25) is 0 Å². The van der Waals surface area contributed by atoms with E-state index < -0.39 is 0 Å². The monoisotopic (exact) mass is 220 g/mol. The lowest BCUT2D eigenvalue weighted by molar-refractivity contribution is 0.592. The second-order valence-electron chi connectivity index (χ2n) is 3.88. The smallest absolute Gasteiger partial charge is 0.189 e. The molecule has 3 heterocycles. The molecule has 2 aromatic heterocycles. The Hall–Kier alpha value is -1.07. The average molecular weight is 220 g/mol. The molecule has 2 atom stereocenters. The van der Waals surface area contributed by atoms with Crippen LogP contribution < -0.4 is 5.32 Å². The number of aromatic nitrogens is 3. The van der Waals surface area contributed by atoms with Crippen molar-refractivity contribution in [3.05, 3.63) is 17.4 Å². The number of nitrogens with one attached hydrogen (secondary N) is 1. The molecular formula is C10H12N4S. The first-order valence-corrected chi connectivity index (χ1v) is 5.97. The molecule has 1 N–H and O–H groups in total. The van der Waals surface area contributed by atoms with Gasteiger partial charge in [-0.1, -0.05) is 11.3 Å². The summed E-state index contributed by atoms with van der Waals surface area (Å²) in [7, 11) is 0. The van der Waals surface area contributed by atoms with Gasteiger partial charge < -0.3 is 5.32 Å². The normalized spacial score (nSPS) is 26.2. The Kier molecular flexibility index (Phi) is 2.14. The number of rotatable bonds is 1. The molecule has 1 saturated heterocycles. The SMILES string of the molecule is CC1NCCC1c1nc2nccnc2s1. The van der Waals surface area contributed by atoms with Crippen LogP contribution in [0.15, 0.2) is 12.4 Å². The van der Waals surface area contributed by atoms with E-state index in [0.29, 0.717) is 12.0 Å². The van der Waals surface area contributed by atoms with E-state index in [1.54, 1.807) is 23.7 Å². The van der Waals surface area contributed by atoms with Crippen molar-refractivity contribution < 1.29 is 0 Å². The molecule has 0 aromatic carbocycles. The molecule has 1 fully saturated rings. The van der Waals surface area contributed by atoms with Crippen molar-refractivity contribution in [1.29, 1.82) is 0 Å². The number of hydrogen-bond donors (Lipinski definition) is 1. The maximum atomic E-state index is 4.55. The molecule has 3 rings (SSSR count). The molecule has 0 amide bonds. The van der Waals surface area contributed by atoms with E-state index in [-0.39, 0.29) is 0 Å². The molecule has 15 heavy (non-hydrogen) atoms. The zero-order chi connectivity index (χ0) is 10.3. The third-order valence-electron chi connectivity index (χ3n) is 2.91. The molecule has 78 valence electrons. The van der Waals surface area contributed by atoms with Gasteiger partial charge in [-0.05, 0) is 19.9 Å². The van der Waals surface area contributed by atoms with Gasteiger partial charge in [0.1, 0.15) is 5.01 Å². The van der Waals surface area contributed by atoms with Crippen LogP contribution in [0.1, 0.15) is 24.3 Å². The highest BCUT2D eigenvalue weighted by Gasteiger charge is 2.27. The lowest BCUT2D eigenvalue weighted by atomic mass is 10.0. The minimum atomic E-state index is 0.519. The minimum absolute atomic E-state index is 0.519. The first-order chi connectivity index (χ1) is 7.34. The molecule has 1 aliphatic rings. The van der Waals surface area contributed by atoms with Gasteiger partial charge in [-0.15, -0.1) is 0 Å². The van der Waals surface area contributed by atoms with Gasteiger partial charge in [0.2, 0.25) is 0 Å². The largest absolute Gasteiger partial charge is 0.314 e. The summed E-state index contributed by atoms with van der Waals surface area (Å²) in [5, 5.41) is 4.61. The quantitative estimate of drug-likeness (QED) is 0.792. The van der Waals surface area contributed by atoms with Crippen LogP contribution >= 0.6 is 11.3 Å². The molecule has 1 aliphatic heterocycles. The van der Waals surface area contributed by atoms with Crippen molar-refractivity contribution in [3.63, 3.8) is 0 Å². The standard InChI is InChI=1S/C10H12N4S/c1-6-7(2-3-11-6)9-14-8-10(15-9)13-5-4-12-8/h4-7,11H,2-3H2,1H3. The van der Waals surface area contributed by atoms with Crippen LogP contribution in [0.25, 0.3) is 10.5 Å². The highest BCUT2D eigenvalue weighted by Crippen LogP contribution is 2.32. The van der Waals surface area contributed by atoms with Crippen LogP contribution in [-0.2, 0) is 0 Å². The van der Waals surface area contributed by atoms with E-state index in [1.165, 1.54) is 11.4 Å². The van der Waals surface area contributed by atoms with E-state index in [0.717, 1.165) is 17.0 Å². The molecule has 4 nitrogen and oxygen atoms in total. The Morgan fingerprint density at radius 2 is 2.27 bits per heavy atom. The summed E-state index contributed by atoms with van der Waals surface area (Å²) in [6, 6.07) is 0.519. The average Bonchev–Trinajstić information content (AvgIpc) is 2.82. The summed E-state index contributed by atoms with van der Waals surface area (Å²) in [6.07, 6.45) is 4.59. The fourth-order valence-corrected chi connectivity index (χ4v) is 3.15. The van der Waals surface area contributed by atoms with Crippen LogP contribution in [0.4, 0.5) is 0 Å². The Bertz CT molecular complexity index is 448. The van der Waals surface area contributed by atoms with Gasteiger partial charge in [-0.2, -0.15) is 0 Å². The van der Waals surface area contributed by atoms with Crippen molar-refractivity contribution in [2.24, 2.45) is 0 Å². The van der Waals surface area contributed by atoms with Crippen LogP contribution in [0.2, 0.25) is 0 Å². The van der Waals surface area contributed by atoms with Gasteiger partial charge in [0.15, 0.2) is 10.5 Å². The molecule has 0 bridgehead atoms. The van der Waals surface area contributed by atoms with Gasteiger partial charge in [0.25, 0.3) is 0 Å². The van der Waals surface area contributed by atoms with Crippen LogP contribution in [0.3, 0.4) is 0 Å². The molecule has 0 radical (unpaired) electrons. The number of fused-ring (bicyclic) bond motifs is 1. The second-order valence-corrected chi connectivity index (χ2v) is 4.88. The molecular weight excluding hydrogens is 208 g/mol. The molecule has 2 unspecified atom stereocenters. The van der Waals surface area contributed by atoms with Crippen molar-refractivity contribution in [2.45, 2.75) is 25.3 Å². The van der Waals surface area contributed by atoms with Crippen LogP contribution in [0, 0.1) is 0 Å². The molecule has 0 spiro atoms. The summed E-state index contributed by atoms with van der Waals surface area (Å²) in [6.45, 7) is 3.30. The molecule has 0 saturated carbocycles. The van der Waals surface area contributed by atoms with Gasteiger partial charge >= 0.3 is 0 Å². The predicted octanol–water partition coefficient (Wildman–Crippen LogP) is 1.55.